The van der Waals surface area contributed by atoms with E-state index >= 15 is 0 Å². The minimum atomic E-state index is -0.608. The number of fused-ring (bicyclic) bond motifs is 1. The number of nitro benzene ring substituents is 1. The lowest BCUT2D eigenvalue weighted by Crippen LogP contribution is -2.39. The third kappa shape index (κ3) is 5.17. The molecule has 1 atom stereocenters. The Labute approximate surface area is 225 Å². The third-order valence-corrected chi connectivity index (χ3v) is 6.90. The van der Waals surface area contributed by atoms with E-state index in [4.69, 9.17) is 16.6 Å². The number of hydrogen-bond donors (Lipinski definition) is 0. The van der Waals surface area contributed by atoms with Crippen LogP contribution in [0.5, 0.6) is 0 Å². The molecule has 0 spiro atoms. The number of halogens is 1. The summed E-state index contributed by atoms with van der Waals surface area (Å²) in [7, 11) is 0. The van der Waals surface area contributed by atoms with E-state index < -0.39 is 16.9 Å². The molecule has 1 heterocycles. The standard InChI is InChI=1S/C29H29ClN4O4/c1-4-17-32(28(35)20-13-16-23(30)26(18-20)34(37)38)25(6-3)27-31-24-10-8-7-9-22(24)29(36)33(27)21-14-11-19(5-2)12-15-21/h7-16,18,25H,4-6,17H2,1-3H3. The van der Waals surface area contributed by atoms with Crippen molar-refractivity contribution in [2.75, 3.05) is 6.54 Å². The predicted octanol–water partition coefficient (Wildman–Crippen LogP) is 6.51. The van der Waals surface area contributed by atoms with Gasteiger partial charge in [-0.25, -0.2) is 4.98 Å². The maximum atomic E-state index is 13.8. The topological polar surface area (TPSA) is 98.3 Å². The van der Waals surface area contributed by atoms with Crippen molar-refractivity contribution in [2.45, 2.75) is 46.1 Å². The maximum Gasteiger partial charge on any atom is 0.288 e. The highest BCUT2D eigenvalue weighted by Gasteiger charge is 2.30. The second-order valence-corrected chi connectivity index (χ2v) is 9.40. The van der Waals surface area contributed by atoms with E-state index in [-0.39, 0.29) is 21.8 Å². The molecule has 0 N–H and O–H groups in total. The van der Waals surface area contributed by atoms with E-state index in [1.54, 1.807) is 27.7 Å². The van der Waals surface area contributed by atoms with Crippen LogP contribution in [0.2, 0.25) is 5.02 Å². The quantitative estimate of drug-likeness (QED) is 0.181. The summed E-state index contributed by atoms with van der Waals surface area (Å²) in [5.74, 6) is 0.0412. The molecule has 4 rings (SSSR count). The molecule has 0 bridgehead atoms. The molecule has 1 aromatic heterocycles. The minimum absolute atomic E-state index is 0.0406. The lowest BCUT2D eigenvalue weighted by molar-refractivity contribution is -0.384. The molecule has 0 aliphatic rings. The molecule has 4 aromatic rings. The van der Waals surface area contributed by atoms with E-state index in [2.05, 4.69) is 6.92 Å². The average Bonchev–Trinajstić information content (AvgIpc) is 2.93. The predicted molar refractivity (Wildman–Crippen MR) is 149 cm³/mol. The molecular formula is C29H29ClN4O4. The Morgan fingerprint density at radius 3 is 2.42 bits per heavy atom. The summed E-state index contributed by atoms with van der Waals surface area (Å²) in [6.45, 7) is 6.30. The molecule has 0 saturated carbocycles. The molecule has 3 aromatic carbocycles. The Balaban J connectivity index is 1.92. The van der Waals surface area contributed by atoms with Crippen LogP contribution in [-0.4, -0.2) is 31.8 Å². The summed E-state index contributed by atoms with van der Waals surface area (Å²) in [4.78, 5) is 45.0. The highest BCUT2D eigenvalue weighted by atomic mass is 35.5. The highest BCUT2D eigenvalue weighted by Crippen LogP contribution is 2.30. The van der Waals surface area contributed by atoms with Gasteiger partial charge in [0.05, 0.1) is 27.6 Å². The summed E-state index contributed by atoms with van der Waals surface area (Å²) in [5.41, 5.74) is 1.92. The molecular weight excluding hydrogens is 504 g/mol. The molecule has 8 nitrogen and oxygen atoms in total. The van der Waals surface area contributed by atoms with E-state index in [0.717, 1.165) is 12.0 Å². The Bertz CT molecular complexity index is 1550. The lowest BCUT2D eigenvalue weighted by Gasteiger charge is -2.32. The molecule has 0 fully saturated rings. The molecule has 38 heavy (non-hydrogen) atoms. The summed E-state index contributed by atoms with van der Waals surface area (Å²) >= 11 is 5.99. The van der Waals surface area contributed by atoms with Gasteiger partial charge in [-0.15, -0.1) is 0 Å². The summed E-state index contributed by atoms with van der Waals surface area (Å²) in [5, 5.41) is 11.9. The number of aryl methyl sites for hydroxylation is 1. The molecule has 0 saturated heterocycles. The molecule has 1 amide bonds. The largest absolute Gasteiger partial charge is 0.328 e. The van der Waals surface area contributed by atoms with Crippen molar-refractivity contribution in [1.82, 2.24) is 14.5 Å². The summed E-state index contributed by atoms with van der Waals surface area (Å²) < 4.78 is 1.58. The first-order valence-electron chi connectivity index (χ1n) is 12.7. The molecule has 1 unspecified atom stereocenters. The van der Waals surface area contributed by atoms with Crippen molar-refractivity contribution >= 4 is 34.1 Å². The van der Waals surface area contributed by atoms with Crippen LogP contribution in [0.3, 0.4) is 0 Å². The maximum absolute atomic E-state index is 13.8. The number of amides is 1. The van der Waals surface area contributed by atoms with Crippen LogP contribution >= 0.6 is 11.6 Å². The van der Waals surface area contributed by atoms with E-state index in [0.29, 0.717) is 41.8 Å². The number of carbonyl (C=O) groups is 1. The van der Waals surface area contributed by atoms with E-state index in [1.807, 2.05) is 44.2 Å². The van der Waals surface area contributed by atoms with Crippen molar-refractivity contribution < 1.29 is 9.72 Å². The average molecular weight is 533 g/mol. The molecule has 196 valence electrons. The zero-order valence-electron chi connectivity index (χ0n) is 21.6. The molecule has 0 aliphatic heterocycles. The fourth-order valence-electron chi connectivity index (χ4n) is 4.64. The van der Waals surface area contributed by atoms with Gasteiger partial charge in [0.2, 0.25) is 0 Å². The third-order valence-electron chi connectivity index (χ3n) is 6.58. The number of benzene rings is 3. The van der Waals surface area contributed by atoms with Gasteiger partial charge in [-0.2, -0.15) is 0 Å². The van der Waals surface area contributed by atoms with Crippen LogP contribution in [0.1, 0.15) is 61.4 Å². The lowest BCUT2D eigenvalue weighted by atomic mass is 10.1. The number of aromatic nitrogens is 2. The van der Waals surface area contributed by atoms with Crippen LogP contribution < -0.4 is 5.56 Å². The van der Waals surface area contributed by atoms with Gasteiger partial charge < -0.3 is 4.90 Å². The SMILES string of the molecule is CCCN(C(=O)c1ccc(Cl)c([N+](=O)[O-])c1)C(CC)c1nc2ccccc2c(=O)n1-c1ccc(CC)cc1. The fourth-order valence-corrected chi connectivity index (χ4v) is 4.82. The van der Waals surface area contributed by atoms with Crippen molar-refractivity contribution in [3.63, 3.8) is 0 Å². The second kappa shape index (κ2) is 11.6. The van der Waals surface area contributed by atoms with Crippen molar-refractivity contribution in [3.8, 4) is 5.69 Å². The second-order valence-electron chi connectivity index (χ2n) is 8.99. The number of carbonyl (C=O) groups excluding carboxylic acids is 1. The smallest absolute Gasteiger partial charge is 0.288 e. The summed E-state index contributed by atoms with van der Waals surface area (Å²) in [6.07, 6.45) is 1.97. The first-order valence-corrected chi connectivity index (χ1v) is 13.0. The van der Waals surface area contributed by atoms with Gasteiger partial charge in [0, 0.05) is 18.2 Å². The van der Waals surface area contributed by atoms with Crippen LogP contribution in [0.4, 0.5) is 5.69 Å². The molecule has 9 heteroatoms. The highest BCUT2D eigenvalue weighted by molar-refractivity contribution is 6.32. The normalized spacial score (nSPS) is 11.9. The number of nitrogens with zero attached hydrogens (tertiary/aromatic N) is 4. The first kappa shape index (κ1) is 27.0. The number of para-hydroxylation sites is 1. The fraction of sp³-hybridized carbons (Fsp3) is 0.276. The molecule has 0 aliphatic carbocycles. The van der Waals surface area contributed by atoms with Gasteiger partial charge in [-0.1, -0.05) is 56.6 Å². The Morgan fingerprint density at radius 1 is 1.08 bits per heavy atom. The zero-order chi connectivity index (χ0) is 27.4. The van der Waals surface area contributed by atoms with Gasteiger partial charge in [-0.3, -0.25) is 24.3 Å². The van der Waals surface area contributed by atoms with Gasteiger partial charge >= 0.3 is 0 Å². The van der Waals surface area contributed by atoms with E-state index in [1.165, 1.54) is 18.2 Å². The Hall–Kier alpha value is -4.04. The van der Waals surface area contributed by atoms with Crippen LogP contribution in [0.25, 0.3) is 16.6 Å². The minimum Gasteiger partial charge on any atom is -0.328 e. The summed E-state index contributed by atoms with van der Waals surface area (Å²) in [6, 6.07) is 18.4. The van der Waals surface area contributed by atoms with Gasteiger partial charge in [0.1, 0.15) is 10.8 Å². The van der Waals surface area contributed by atoms with Crippen LogP contribution in [-0.2, 0) is 6.42 Å². The first-order chi connectivity index (χ1) is 18.3. The Morgan fingerprint density at radius 2 is 1.79 bits per heavy atom. The number of hydrogen-bond acceptors (Lipinski definition) is 5. The van der Waals surface area contributed by atoms with Crippen molar-refractivity contribution in [3.05, 3.63) is 109 Å². The molecule has 0 radical (unpaired) electrons. The van der Waals surface area contributed by atoms with Crippen molar-refractivity contribution in [2.24, 2.45) is 0 Å². The number of nitro groups is 1. The van der Waals surface area contributed by atoms with Gasteiger partial charge in [-0.05, 0) is 61.2 Å². The Kier molecular flexibility index (Phi) is 8.22. The monoisotopic (exact) mass is 532 g/mol. The number of rotatable bonds is 9. The van der Waals surface area contributed by atoms with Crippen LogP contribution in [0.15, 0.2) is 71.5 Å². The van der Waals surface area contributed by atoms with Gasteiger partial charge in [0.15, 0.2) is 0 Å². The van der Waals surface area contributed by atoms with Gasteiger partial charge in [0.25, 0.3) is 17.2 Å². The zero-order valence-corrected chi connectivity index (χ0v) is 22.3. The van der Waals surface area contributed by atoms with Crippen molar-refractivity contribution in [1.29, 1.82) is 0 Å². The van der Waals surface area contributed by atoms with E-state index in [9.17, 15) is 19.7 Å². The van der Waals surface area contributed by atoms with Crippen LogP contribution in [0, 0.1) is 10.1 Å².